The number of alkyl halides is 3. The predicted octanol–water partition coefficient (Wildman–Crippen LogP) is 2.83. The lowest BCUT2D eigenvalue weighted by atomic mass is 10.2. The Kier molecular flexibility index (Phi) is 2.78. The highest BCUT2D eigenvalue weighted by Gasteiger charge is 2.34. The van der Waals surface area contributed by atoms with Crippen molar-refractivity contribution in [3.05, 3.63) is 38.6 Å². The fraction of sp³-hybridized carbons (Fsp3) is 0.200. The summed E-state index contributed by atoms with van der Waals surface area (Å²) in [5.41, 5.74) is -0.223. The number of hydrogen-bond donors (Lipinski definition) is 1. The van der Waals surface area contributed by atoms with Gasteiger partial charge >= 0.3 is 6.18 Å². The van der Waals surface area contributed by atoms with Crippen LogP contribution in [0.5, 0.6) is 0 Å². The van der Waals surface area contributed by atoms with Gasteiger partial charge in [-0.3, -0.25) is 4.79 Å². The van der Waals surface area contributed by atoms with Crippen LogP contribution < -0.4 is 5.56 Å². The second-order valence-electron chi connectivity index (χ2n) is 3.37. The number of rotatable bonds is 1. The number of aromatic nitrogens is 2. The molecule has 0 saturated heterocycles. The summed E-state index contributed by atoms with van der Waals surface area (Å²) in [6.07, 6.45) is -4.65. The number of aromatic amines is 1. The molecule has 0 atom stereocenters. The Morgan fingerprint density at radius 3 is 2.65 bits per heavy atom. The zero-order valence-electron chi connectivity index (χ0n) is 8.63. The number of nitrogens with zero attached hydrogens (tertiary/aromatic N) is 1. The molecule has 0 unspecified atom stereocenters. The monoisotopic (exact) mass is 260 g/mol. The molecule has 0 aromatic carbocycles. The number of halogens is 3. The highest BCUT2D eigenvalue weighted by atomic mass is 32.1. The highest BCUT2D eigenvalue weighted by Crippen LogP contribution is 2.29. The Labute approximate surface area is 98.0 Å². The molecule has 2 heterocycles. The molecule has 0 bridgehead atoms. The van der Waals surface area contributed by atoms with Crippen molar-refractivity contribution in [2.75, 3.05) is 0 Å². The van der Waals surface area contributed by atoms with Gasteiger partial charge in [0.1, 0.15) is 0 Å². The molecular formula is C10H7F3N2OS. The maximum atomic E-state index is 12.5. The molecule has 0 aliphatic carbocycles. The molecule has 1 N–H and O–H groups in total. The molecule has 7 heteroatoms. The van der Waals surface area contributed by atoms with Crippen LogP contribution in [0.25, 0.3) is 11.3 Å². The van der Waals surface area contributed by atoms with E-state index in [1.54, 1.807) is 23.4 Å². The van der Waals surface area contributed by atoms with Gasteiger partial charge in [-0.2, -0.15) is 13.2 Å². The van der Waals surface area contributed by atoms with Crippen molar-refractivity contribution in [3.63, 3.8) is 0 Å². The average Bonchev–Trinajstić information content (AvgIpc) is 2.62. The topological polar surface area (TPSA) is 45.8 Å². The first-order valence-corrected chi connectivity index (χ1v) is 5.49. The van der Waals surface area contributed by atoms with E-state index in [4.69, 9.17) is 0 Å². The van der Waals surface area contributed by atoms with E-state index < -0.39 is 17.6 Å². The van der Waals surface area contributed by atoms with Gasteiger partial charge in [-0.05, 0) is 18.4 Å². The number of hydrogen-bond acceptors (Lipinski definition) is 3. The van der Waals surface area contributed by atoms with Crippen LogP contribution in [0.4, 0.5) is 13.2 Å². The maximum absolute atomic E-state index is 12.5. The zero-order valence-corrected chi connectivity index (χ0v) is 9.45. The van der Waals surface area contributed by atoms with Gasteiger partial charge in [-0.1, -0.05) is 0 Å². The van der Waals surface area contributed by atoms with Gasteiger partial charge in [-0.15, -0.1) is 11.3 Å². The minimum absolute atomic E-state index is 0.0415. The molecule has 0 amide bonds. The van der Waals surface area contributed by atoms with Crippen LogP contribution in [0, 0.1) is 6.92 Å². The molecule has 0 aliphatic rings. The summed E-state index contributed by atoms with van der Waals surface area (Å²) < 4.78 is 37.4. The lowest BCUT2D eigenvalue weighted by Gasteiger charge is -2.06. The van der Waals surface area contributed by atoms with Crippen LogP contribution in [0.1, 0.15) is 10.7 Å². The predicted molar refractivity (Wildman–Crippen MR) is 57.9 cm³/mol. The number of nitrogens with one attached hydrogen (secondary N) is 1. The number of thiophene rings is 1. The van der Waals surface area contributed by atoms with E-state index in [2.05, 4.69) is 4.98 Å². The molecule has 2 aromatic heterocycles. The summed E-state index contributed by atoms with van der Waals surface area (Å²) in [4.78, 5) is 17.1. The van der Waals surface area contributed by atoms with Crippen LogP contribution in [0.2, 0.25) is 0 Å². The lowest BCUT2D eigenvalue weighted by molar-refractivity contribution is -0.145. The van der Waals surface area contributed by atoms with E-state index in [0.29, 0.717) is 5.56 Å². The molecule has 0 fully saturated rings. The van der Waals surface area contributed by atoms with E-state index in [0.717, 1.165) is 10.9 Å². The normalized spacial score (nSPS) is 11.8. The van der Waals surface area contributed by atoms with Crippen molar-refractivity contribution in [2.24, 2.45) is 0 Å². The second kappa shape index (κ2) is 3.99. The van der Waals surface area contributed by atoms with E-state index in [9.17, 15) is 18.0 Å². The summed E-state index contributed by atoms with van der Waals surface area (Å²) in [7, 11) is 0. The summed E-state index contributed by atoms with van der Waals surface area (Å²) >= 11 is 1.38. The van der Waals surface area contributed by atoms with E-state index in [-0.39, 0.29) is 5.69 Å². The molecule has 0 radical (unpaired) electrons. The standard InChI is InChI=1S/C10H7F3N2OS/c1-5-6(2-3-17-5)7-4-8(16)15-9(14-7)10(11,12)13/h2-4H,1H3,(H,14,15,16). The largest absolute Gasteiger partial charge is 0.449 e. The summed E-state index contributed by atoms with van der Waals surface area (Å²) in [5.74, 6) is -1.27. The highest BCUT2D eigenvalue weighted by molar-refractivity contribution is 7.10. The van der Waals surface area contributed by atoms with Gasteiger partial charge in [0, 0.05) is 16.5 Å². The quantitative estimate of drug-likeness (QED) is 0.857. The Balaban J connectivity index is 2.61. The van der Waals surface area contributed by atoms with Crippen LogP contribution in [0.3, 0.4) is 0 Å². The third-order valence-corrected chi connectivity index (χ3v) is 2.99. The number of H-pyrrole nitrogens is 1. The second-order valence-corrected chi connectivity index (χ2v) is 4.49. The van der Waals surface area contributed by atoms with Gasteiger partial charge in [0.15, 0.2) is 0 Å². The van der Waals surface area contributed by atoms with Gasteiger partial charge in [0.25, 0.3) is 5.56 Å². The maximum Gasteiger partial charge on any atom is 0.449 e. The van der Waals surface area contributed by atoms with Gasteiger partial charge < -0.3 is 4.98 Å². The Bertz CT molecular complexity index is 600. The smallest absolute Gasteiger partial charge is 0.303 e. The third kappa shape index (κ3) is 2.38. The van der Waals surface area contributed by atoms with Crippen molar-refractivity contribution in [2.45, 2.75) is 13.1 Å². The van der Waals surface area contributed by atoms with E-state index in [1.165, 1.54) is 11.3 Å². The van der Waals surface area contributed by atoms with Gasteiger partial charge in [0.05, 0.1) is 5.69 Å². The Morgan fingerprint density at radius 2 is 2.12 bits per heavy atom. The number of aryl methyl sites for hydroxylation is 1. The first-order chi connectivity index (χ1) is 7.88. The van der Waals surface area contributed by atoms with E-state index >= 15 is 0 Å². The fourth-order valence-electron chi connectivity index (χ4n) is 1.38. The molecule has 0 spiro atoms. The summed E-state index contributed by atoms with van der Waals surface area (Å²) in [5, 5.41) is 1.74. The van der Waals surface area contributed by atoms with Crippen LogP contribution in [-0.2, 0) is 6.18 Å². The molecule has 0 saturated carbocycles. The zero-order chi connectivity index (χ0) is 12.6. The van der Waals surface area contributed by atoms with Crippen molar-refractivity contribution < 1.29 is 13.2 Å². The van der Waals surface area contributed by atoms with E-state index in [1.807, 2.05) is 0 Å². The molecule has 0 aliphatic heterocycles. The van der Waals surface area contributed by atoms with Crippen molar-refractivity contribution in [1.29, 1.82) is 0 Å². The fourth-order valence-corrected chi connectivity index (χ4v) is 2.09. The van der Waals surface area contributed by atoms with Crippen LogP contribution in [-0.4, -0.2) is 9.97 Å². The van der Waals surface area contributed by atoms with Crippen molar-refractivity contribution in [1.82, 2.24) is 9.97 Å². The first-order valence-electron chi connectivity index (χ1n) is 4.61. The Morgan fingerprint density at radius 1 is 1.41 bits per heavy atom. The molecular weight excluding hydrogens is 253 g/mol. The SMILES string of the molecule is Cc1sccc1-c1cc(=O)[nH]c(C(F)(F)F)n1. The molecule has 90 valence electrons. The molecule has 17 heavy (non-hydrogen) atoms. The Hall–Kier alpha value is -1.63. The van der Waals surface area contributed by atoms with Gasteiger partial charge in [-0.25, -0.2) is 4.98 Å². The van der Waals surface area contributed by atoms with Crippen molar-refractivity contribution >= 4 is 11.3 Å². The van der Waals surface area contributed by atoms with Crippen molar-refractivity contribution in [3.8, 4) is 11.3 Å². The average molecular weight is 260 g/mol. The lowest BCUT2D eigenvalue weighted by Crippen LogP contribution is -2.18. The molecule has 2 rings (SSSR count). The summed E-state index contributed by atoms with van der Waals surface area (Å²) in [6.45, 7) is 1.76. The molecule has 2 aromatic rings. The summed E-state index contributed by atoms with van der Waals surface area (Å²) in [6, 6.07) is 2.70. The van der Waals surface area contributed by atoms with Gasteiger partial charge in [0.2, 0.25) is 5.82 Å². The van der Waals surface area contributed by atoms with Crippen LogP contribution >= 0.6 is 11.3 Å². The minimum atomic E-state index is -4.65. The first kappa shape index (κ1) is 11.8. The third-order valence-electron chi connectivity index (χ3n) is 2.14. The minimum Gasteiger partial charge on any atom is -0.303 e. The van der Waals surface area contributed by atoms with Crippen LogP contribution in [0.15, 0.2) is 22.3 Å². The molecule has 3 nitrogen and oxygen atoms in total.